The third-order valence-corrected chi connectivity index (χ3v) is 5.84. The van der Waals surface area contributed by atoms with Gasteiger partial charge in [-0.2, -0.15) is 10.1 Å². The van der Waals surface area contributed by atoms with Crippen LogP contribution in [0, 0.1) is 0 Å². The van der Waals surface area contributed by atoms with Crippen LogP contribution in [0.25, 0.3) is 6.08 Å². The number of ether oxygens (including phenoxy) is 2. The van der Waals surface area contributed by atoms with Crippen LogP contribution in [-0.2, 0) is 11.2 Å². The standard InChI is InChI=1S/C22H20N2O5S2/c1-4-13-5-7-14(8-6-13)12-23-24-20(25)17(31-22(24)30)11-15-9-10-16(28-2)19(29-3)18(15)21(26)27/h5-12H,4H2,1-3H3,(H,26,27)/b17-11+,23-12+. The first kappa shape index (κ1) is 22.5. The maximum atomic E-state index is 12.8. The molecule has 0 aliphatic carbocycles. The number of thiocarbonyl (C=S) groups is 1. The zero-order valence-corrected chi connectivity index (χ0v) is 18.8. The topological polar surface area (TPSA) is 88.4 Å². The van der Waals surface area contributed by atoms with E-state index >= 15 is 0 Å². The van der Waals surface area contributed by atoms with Gasteiger partial charge < -0.3 is 14.6 Å². The van der Waals surface area contributed by atoms with Crippen molar-refractivity contribution in [2.45, 2.75) is 13.3 Å². The fourth-order valence-electron chi connectivity index (χ4n) is 2.95. The Kier molecular flexibility index (Phi) is 7.09. The highest BCUT2D eigenvalue weighted by Gasteiger charge is 2.33. The molecule has 1 saturated heterocycles. The molecule has 0 aromatic heterocycles. The number of nitrogens with zero attached hydrogens (tertiary/aromatic N) is 2. The summed E-state index contributed by atoms with van der Waals surface area (Å²) < 4.78 is 10.6. The van der Waals surface area contributed by atoms with Gasteiger partial charge in [0, 0.05) is 0 Å². The van der Waals surface area contributed by atoms with Gasteiger partial charge in [-0.05, 0) is 47.5 Å². The highest BCUT2D eigenvalue weighted by molar-refractivity contribution is 8.26. The molecule has 31 heavy (non-hydrogen) atoms. The maximum absolute atomic E-state index is 12.8. The van der Waals surface area contributed by atoms with E-state index in [9.17, 15) is 14.7 Å². The van der Waals surface area contributed by atoms with Crippen molar-refractivity contribution in [2.24, 2.45) is 5.10 Å². The van der Waals surface area contributed by atoms with E-state index in [2.05, 4.69) is 12.0 Å². The normalized spacial score (nSPS) is 15.2. The third-order valence-electron chi connectivity index (χ3n) is 4.56. The summed E-state index contributed by atoms with van der Waals surface area (Å²) in [7, 11) is 2.78. The van der Waals surface area contributed by atoms with Crippen molar-refractivity contribution >= 4 is 52.5 Å². The summed E-state index contributed by atoms with van der Waals surface area (Å²) in [6.07, 6.45) is 3.97. The number of thioether (sulfide) groups is 1. The number of carboxylic acids is 1. The fourth-order valence-corrected chi connectivity index (χ4v) is 4.11. The molecule has 2 aromatic carbocycles. The van der Waals surface area contributed by atoms with E-state index in [-0.39, 0.29) is 26.3 Å². The van der Waals surface area contributed by atoms with E-state index < -0.39 is 11.9 Å². The second-order valence-corrected chi connectivity index (χ2v) is 8.08. The molecule has 0 spiro atoms. The number of benzene rings is 2. The van der Waals surface area contributed by atoms with Gasteiger partial charge in [0.25, 0.3) is 5.91 Å². The molecular formula is C22H20N2O5S2. The van der Waals surface area contributed by atoms with Crippen molar-refractivity contribution in [1.29, 1.82) is 0 Å². The summed E-state index contributed by atoms with van der Waals surface area (Å²) in [6, 6.07) is 11.0. The molecule has 2 aromatic rings. The largest absolute Gasteiger partial charge is 0.493 e. The molecule has 1 fully saturated rings. The SMILES string of the molecule is CCc1ccc(/C=N/N2C(=O)/C(=C\c3ccc(OC)c(OC)c3C(=O)O)SC2=S)cc1. The van der Waals surface area contributed by atoms with Gasteiger partial charge >= 0.3 is 5.97 Å². The number of carbonyl (C=O) groups excluding carboxylic acids is 1. The second-order valence-electron chi connectivity index (χ2n) is 6.40. The Hall–Kier alpha value is -3.17. The third kappa shape index (κ3) is 4.78. The Morgan fingerprint density at radius 1 is 1.19 bits per heavy atom. The average Bonchev–Trinajstić information content (AvgIpc) is 3.04. The molecule has 0 radical (unpaired) electrons. The summed E-state index contributed by atoms with van der Waals surface area (Å²) in [5.41, 5.74) is 2.23. The highest BCUT2D eigenvalue weighted by atomic mass is 32.2. The molecule has 0 bridgehead atoms. The number of carbonyl (C=O) groups is 2. The molecule has 9 heteroatoms. The number of rotatable bonds is 7. The monoisotopic (exact) mass is 456 g/mol. The second kappa shape index (κ2) is 9.76. The van der Waals surface area contributed by atoms with E-state index in [0.717, 1.165) is 28.8 Å². The Morgan fingerprint density at radius 3 is 2.48 bits per heavy atom. The summed E-state index contributed by atoms with van der Waals surface area (Å²) in [6.45, 7) is 2.07. The van der Waals surface area contributed by atoms with Crippen molar-refractivity contribution in [3.63, 3.8) is 0 Å². The van der Waals surface area contributed by atoms with Gasteiger partial charge in [-0.3, -0.25) is 4.79 Å². The zero-order valence-electron chi connectivity index (χ0n) is 17.1. The van der Waals surface area contributed by atoms with Crippen LogP contribution in [0.3, 0.4) is 0 Å². The van der Waals surface area contributed by atoms with Gasteiger partial charge in [-0.25, -0.2) is 4.79 Å². The Balaban J connectivity index is 1.91. The molecule has 1 amide bonds. The number of hydrogen-bond acceptors (Lipinski definition) is 7. The first-order chi connectivity index (χ1) is 14.9. The van der Waals surface area contributed by atoms with E-state index in [0.29, 0.717) is 5.56 Å². The smallest absolute Gasteiger partial charge is 0.340 e. The van der Waals surface area contributed by atoms with Gasteiger partial charge in [0.1, 0.15) is 5.56 Å². The summed E-state index contributed by atoms with van der Waals surface area (Å²) in [5, 5.41) is 15.0. The van der Waals surface area contributed by atoms with Gasteiger partial charge in [0.15, 0.2) is 15.8 Å². The lowest BCUT2D eigenvalue weighted by Gasteiger charge is -2.12. The predicted octanol–water partition coefficient (Wildman–Crippen LogP) is 4.20. The lowest BCUT2D eigenvalue weighted by atomic mass is 10.0. The highest BCUT2D eigenvalue weighted by Crippen LogP contribution is 2.37. The van der Waals surface area contributed by atoms with E-state index in [4.69, 9.17) is 21.7 Å². The lowest BCUT2D eigenvalue weighted by molar-refractivity contribution is -0.122. The van der Waals surface area contributed by atoms with Crippen LogP contribution in [0.2, 0.25) is 0 Å². The maximum Gasteiger partial charge on any atom is 0.340 e. The number of carboxylic acid groups (broad SMARTS) is 1. The predicted molar refractivity (Wildman–Crippen MR) is 125 cm³/mol. The summed E-state index contributed by atoms with van der Waals surface area (Å²) in [4.78, 5) is 24.9. The van der Waals surface area contributed by atoms with Gasteiger partial charge in [0.05, 0.1) is 25.3 Å². The Morgan fingerprint density at radius 2 is 1.90 bits per heavy atom. The minimum absolute atomic E-state index is 0.0766. The van der Waals surface area contributed by atoms with Crippen molar-refractivity contribution in [3.05, 3.63) is 63.6 Å². The molecule has 7 nitrogen and oxygen atoms in total. The van der Waals surface area contributed by atoms with Crippen LogP contribution in [0.4, 0.5) is 0 Å². The van der Waals surface area contributed by atoms with Crippen LogP contribution < -0.4 is 9.47 Å². The molecule has 3 rings (SSSR count). The molecular weight excluding hydrogens is 436 g/mol. The Bertz CT molecular complexity index is 1090. The van der Waals surface area contributed by atoms with Crippen LogP contribution in [0.15, 0.2) is 46.4 Å². The molecule has 1 aliphatic heterocycles. The number of methoxy groups -OCH3 is 2. The van der Waals surface area contributed by atoms with E-state index in [1.807, 2.05) is 24.3 Å². The van der Waals surface area contributed by atoms with Crippen molar-refractivity contribution in [1.82, 2.24) is 5.01 Å². The van der Waals surface area contributed by atoms with E-state index in [1.165, 1.54) is 25.9 Å². The van der Waals surface area contributed by atoms with Gasteiger partial charge in [0.2, 0.25) is 0 Å². The number of hydrogen-bond donors (Lipinski definition) is 1. The first-order valence-electron chi connectivity index (χ1n) is 9.28. The molecule has 1 N–H and O–H groups in total. The van der Waals surface area contributed by atoms with Crippen LogP contribution >= 0.6 is 24.0 Å². The van der Waals surface area contributed by atoms with Crippen LogP contribution in [-0.4, -0.2) is 46.7 Å². The summed E-state index contributed by atoms with van der Waals surface area (Å²) in [5.74, 6) is -1.27. The zero-order chi connectivity index (χ0) is 22.5. The number of amides is 1. The summed E-state index contributed by atoms with van der Waals surface area (Å²) >= 11 is 6.34. The number of aryl methyl sites for hydroxylation is 1. The van der Waals surface area contributed by atoms with Gasteiger partial charge in [-0.1, -0.05) is 49.0 Å². The molecule has 0 unspecified atom stereocenters. The van der Waals surface area contributed by atoms with Crippen molar-refractivity contribution in [3.8, 4) is 11.5 Å². The molecule has 0 saturated carbocycles. The molecule has 1 aliphatic rings. The molecule has 1 heterocycles. The minimum Gasteiger partial charge on any atom is -0.493 e. The fraction of sp³-hybridized carbons (Fsp3) is 0.182. The minimum atomic E-state index is -1.20. The molecule has 160 valence electrons. The number of aromatic carboxylic acids is 1. The lowest BCUT2D eigenvalue weighted by Crippen LogP contribution is -2.22. The number of hydrazone groups is 1. The Labute approximate surface area is 189 Å². The quantitative estimate of drug-likeness (QED) is 0.379. The first-order valence-corrected chi connectivity index (χ1v) is 10.5. The van der Waals surface area contributed by atoms with Crippen molar-refractivity contribution in [2.75, 3.05) is 14.2 Å². The van der Waals surface area contributed by atoms with Gasteiger partial charge in [-0.15, -0.1) is 0 Å². The average molecular weight is 457 g/mol. The van der Waals surface area contributed by atoms with Crippen LogP contribution in [0.1, 0.15) is 34.0 Å². The molecule has 0 atom stereocenters. The van der Waals surface area contributed by atoms with Crippen LogP contribution in [0.5, 0.6) is 11.5 Å². The van der Waals surface area contributed by atoms with E-state index in [1.54, 1.807) is 18.3 Å². The van der Waals surface area contributed by atoms with Crippen molar-refractivity contribution < 1.29 is 24.2 Å².